The minimum absolute atomic E-state index is 0.0492. The third kappa shape index (κ3) is 4.72. The Morgan fingerprint density at radius 1 is 1.21 bits per heavy atom. The smallest absolute Gasteiger partial charge is 0.261 e. The summed E-state index contributed by atoms with van der Waals surface area (Å²) in [6.07, 6.45) is 1.47. The Hall–Kier alpha value is -3.26. The van der Waals surface area contributed by atoms with Crippen LogP contribution in [0.4, 0.5) is 10.1 Å². The molecule has 146 valence electrons. The third-order valence-electron chi connectivity index (χ3n) is 4.07. The van der Waals surface area contributed by atoms with Crippen molar-refractivity contribution in [3.8, 4) is 5.75 Å². The summed E-state index contributed by atoms with van der Waals surface area (Å²) in [4.78, 5) is 28.8. The summed E-state index contributed by atoms with van der Waals surface area (Å²) < 4.78 is 25.5. The Morgan fingerprint density at radius 3 is 2.82 bits per heavy atom. The van der Waals surface area contributed by atoms with Crippen LogP contribution in [0, 0.1) is 5.82 Å². The highest BCUT2D eigenvalue weighted by Gasteiger charge is 2.09. The SMILES string of the molecule is COCCOc1ccc(NC(=O)CCn2cnc3ccccc3c2=O)cc1F. The van der Waals surface area contributed by atoms with E-state index in [1.54, 1.807) is 30.3 Å². The molecule has 1 heterocycles. The number of carbonyl (C=O) groups is 1. The molecule has 3 aromatic rings. The van der Waals surface area contributed by atoms with E-state index >= 15 is 0 Å². The molecular weight excluding hydrogens is 365 g/mol. The minimum Gasteiger partial charge on any atom is -0.488 e. The summed E-state index contributed by atoms with van der Waals surface area (Å²) in [6, 6.07) is 11.2. The van der Waals surface area contributed by atoms with E-state index in [1.807, 2.05) is 0 Å². The Kier molecular flexibility index (Phi) is 6.33. The first-order chi connectivity index (χ1) is 13.6. The number of halogens is 1. The molecule has 0 fully saturated rings. The van der Waals surface area contributed by atoms with Crippen LogP contribution in [-0.2, 0) is 16.1 Å². The first-order valence-corrected chi connectivity index (χ1v) is 8.74. The second-order valence-electron chi connectivity index (χ2n) is 6.04. The lowest BCUT2D eigenvalue weighted by Gasteiger charge is -2.10. The van der Waals surface area contributed by atoms with Crippen LogP contribution in [0.3, 0.4) is 0 Å². The molecule has 0 saturated carbocycles. The van der Waals surface area contributed by atoms with Gasteiger partial charge in [0.25, 0.3) is 5.56 Å². The summed E-state index contributed by atoms with van der Waals surface area (Å²) in [5.74, 6) is -0.833. The van der Waals surface area contributed by atoms with E-state index in [-0.39, 0.29) is 36.8 Å². The monoisotopic (exact) mass is 385 g/mol. The standard InChI is InChI=1S/C20H20FN3O4/c1-27-10-11-28-18-7-6-14(12-16(18)21)23-19(25)8-9-24-13-22-17-5-3-2-4-15(17)20(24)26/h2-7,12-13H,8-11H2,1H3,(H,23,25). The number of para-hydroxylation sites is 1. The molecule has 0 aliphatic rings. The number of anilines is 1. The number of fused-ring (bicyclic) bond motifs is 1. The molecule has 0 atom stereocenters. The van der Waals surface area contributed by atoms with Gasteiger partial charge in [-0.25, -0.2) is 9.37 Å². The Labute approximate surface area is 160 Å². The molecule has 28 heavy (non-hydrogen) atoms. The molecule has 2 aromatic carbocycles. The zero-order valence-electron chi connectivity index (χ0n) is 15.4. The summed E-state index contributed by atoms with van der Waals surface area (Å²) >= 11 is 0. The van der Waals surface area contributed by atoms with Crippen LogP contribution in [0.2, 0.25) is 0 Å². The molecule has 8 heteroatoms. The quantitative estimate of drug-likeness (QED) is 0.603. The second kappa shape index (κ2) is 9.09. The van der Waals surface area contributed by atoms with Crippen molar-refractivity contribution < 1.29 is 18.7 Å². The zero-order valence-corrected chi connectivity index (χ0v) is 15.4. The second-order valence-corrected chi connectivity index (χ2v) is 6.04. The van der Waals surface area contributed by atoms with Gasteiger partial charge in [-0.05, 0) is 24.3 Å². The predicted molar refractivity (Wildman–Crippen MR) is 103 cm³/mol. The summed E-state index contributed by atoms with van der Waals surface area (Å²) in [7, 11) is 1.53. The van der Waals surface area contributed by atoms with Crippen LogP contribution >= 0.6 is 0 Å². The van der Waals surface area contributed by atoms with E-state index < -0.39 is 5.82 Å². The number of rotatable bonds is 8. The van der Waals surface area contributed by atoms with E-state index in [9.17, 15) is 14.0 Å². The number of hydrogen-bond donors (Lipinski definition) is 1. The molecule has 0 radical (unpaired) electrons. The molecule has 1 aromatic heterocycles. The molecule has 0 unspecified atom stereocenters. The maximum atomic E-state index is 14.0. The normalized spacial score (nSPS) is 10.8. The van der Waals surface area contributed by atoms with Gasteiger partial charge in [-0.15, -0.1) is 0 Å². The number of amides is 1. The molecule has 1 N–H and O–H groups in total. The highest BCUT2D eigenvalue weighted by Crippen LogP contribution is 2.21. The Morgan fingerprint density at radius 2 is 2.04 bits per heavy atom. The van der Waals surface area contributed by atoms with Crippen molar-refractivity contribution in [2.24, 2.45) is 0 Å². The van der Waals surface area contributed by atoms with Gasteiger partial charge in [0.2, 0.25) is 5.91 Å². The number of nitrogens with zero attached hydrogens (tertiary/aromatic N) is 2. The van der Waals surface area contributed by atoms with Gasteiger partial charge in [-0.1, -0.05) is 12.1 Å². The average Bonchev–Trinajstić information content (AvgIpc) is 2.69. The molecule has 0 saturated heterocycles. The molecular formula is C20H20FN3O4. The fourth-order valence-electron chi connectivity index (χ4n) is 2.64. The molecule has 0 aliphatic carbocycles. The minimum atomic E-state index is -0.580. The van der Waals surface area contributed by atoms with Crippen molar-refractivity contribution in [3.63, 3.8) is 0 Å². The van der Waals surface area contributed by atoms with Crippen LogP contribution in [0.5, 0.6) is 5.75 Å². The number of nitrogens with one attached hydrogen (secondary N) is 1. The number of hydrogen-bond acceptors (Lipinski definition) is 5. The average molecular weight is 385 g/mol. The van der Waals surface area contributed by atoms with Crippen LogP contribution in [0.1, 0.15) is 6.42 Å². The number of carbonyl (C=O) groups excluding carboxylic acids is 1. The largest absolute Gasteiger partial charge is 0.488 e. The van der Waals surface area contributed by atoms with E-state index in [0.717, 1.165) is 0 Å². The maximum Gasteiger partial charge on any atom is 0.261 e. The van der Waals surface area contributed by atoms with Crippen LogP contribution in [-0.4, -0.2) is 35.8 Å². The lowest BCUT2D eigenvalue weighted by molar-refractivity contribution is -0.116. The van der Waals surface area contributed by atoms with Crippen LogP contribution in [0.25, 0.3) is 10.9 Å². The highest BCUT2D eigenvalue weighted by molar-refractivity contribution is 5.90. The molecule has 1 amide bonds. The number of benzene rings is 2. The first-order valence-electron chi connectivity index (χ1n) is 8.74. The molecule has 0 bridgehead atoms. The van der Waals surface area contributed by atoms with E-state index in [4.69, 9.17) is 9.47 Å². The Balaban J connectivity index is 1.59. The van der Waals surface area contributed by atoms with Crippen molar-refractivity contribution in [1.82, 2.24) is 9.55 Å². The van der Waals surface area contributed by atoms with Crippen molar-refractivity contribution in [3.05, 3.63) is 65.0 Å². The molecule has 0 spiro atoms. The van der Waals surface area contributed by atoms with Crippen LogP contribution < -0.4 is 15.6 Å². The number of methoxy groups -OCH3 is 1. The lowest BCUT2D eigenvalue weighted by atomic mass is 10.2. The third-order valence-corrected chi connectivity index (χ3v) is 4.07. The zero-order chi connectivity index (χ0) is 19.9. The maximum absolute atomic E-state index is 14.0. The fourth-order valence-corrected chi connectivity index (χ4v) is 2.64. The van der Waals surface area contributed by atoms with E-state index in [2.05, 4.69) is 10.3 Å². The van der Waals surface area contributed by atoms with E-state index in [0.29, 0.717) is 23.2 Å². The van der Waals surface area contributed by atoms with Gasteiger partial charge in [0, 0.05) is 31.8 Å². The number of aromatic nitrogens is 2. The fraction of sp³-hybridized carbons (Fsp3) is 0.250. The van der Waals surface area contributed by atoms with Gasteiger partial charge in [-0.3, -0.25) is 14.2 Å². The number of ether oxygens (including phenoxy) is 2. The molecule has 3 rings (SSSR count). The van der Waals surface area contributed by atoms with Crippen LogP contribution in [0.15, 0.2) is 53.6 Å². The van der Waals surface area contributed by atoms with Crippen molar-refractivity contribution in [1.29, 1.82) is 0 Å². The van der Waals surface area contributed by atoms with Crippen molar-refractivity contribution >= 4 is 22.5 Å². The first kappa shape index (κ1) is 19.5. The summed E-state index contributed by atoms with van der Waals surface area (Å²) in [6.45, 7) is 0.748. The predicted octanol–water partition coefficient (Wildman–Crippen LogP) is 2.59. The molecule has 7 nitrogen and oxygen atoms in total. The van der Waals surface area contributed by atoms with Gasteiger partial charge in [0.05, 0.1) is 23.8 Å². The van der Waals surface area contributed by atoms with Gasteiger partial charge in [0.1, 0.15) is 6.61 Å². The van der Waals surface area contributed by atoms with E-state index in [1.165, 1.54) is 30.1 Å². The van der Waals surface area contributed by atoms with Gasteiger partial charge in [0.15, 0.2) is 11.6 Å². The summed E-state index contributed by atoms with van der Waals surface area (Å²) in [5, 5.41) is 3.11. The topological polar surface area (TPSA) is 82.4 Å². The summed E-state index contributed by atoms with van der Waals surface area (Å²) in [5.41, 5.74) is 0.712. The van der Waals surface area contributed by atoms with Crippen molar-refractivity contribution in [2.75, 3.05) is 25.6 Å². The Bertz CT molecular complexity index is 1040. The van der Waals surface area contributed by atoms with Gasteiger partial charge >= 0.3 is 0 Å². The highest BCUT2D eigenvalue weighted by atomic mass is 19.1. The lowest BCUT2D eigenvalue weighted by Crippen LogP contribution is -2.23. The van der Waals surface area contributed by atoms with Gasteiger partial charge < -0.3 is 14.8 Å². The number of aryl methyl sites for hydroxylation is 1. The van der Waals surface area contributed by atoms with Crippen molar-refractivity contribution in [2.45, 2.75) is 13.0 Å². The van der Waals surface area contributed by atoms with Gasteiger partial charge in [-0.2, -0.15) is 0 Å². The molecule has 0 aliphatic heterocycles.